The summed E-state index contributed by atoms with van der Waals surface area (Å²) in [6.07, 6.45) is 4.09. The van der Waals surface area contributed by atoms with Crippen molar-refractivity contribution in [2.75, 3.05) is 6.54 Å². The van der Waals surface area contributed by atoms with Crippen LogP contribution in [0.3, 0.4) is 0 Å². The topological polar surface area (TPSA) is 78.5 Å². The van der Waals surface area contributed by atoms with Crippen molar-refractivity contribution in [1.82, 2.24) is 15.5 Å². The maximum absolute atomic E-state index is 13.0. The van der Waals surface area contributed by atoms with E-state index in [0.29, 0.717) is 11.8 Å². The first-order valence-electron chi connectivity index (χ1n) is 10.2. The molecule has 3 rings (SSSR count). The third-order valence-corrected chi connectivity index (χ3v) is 6.11. The number of hydrogen-bond acceptors (Lipinski definition) is 3. The lowest BCUT2D eigenvalue weighted by molar-refractivity contribution is -0.135. The number of benzene rings is 1. The third kappa shape index (κ3) is 4.05. The minimum Gasteiger partial charge on any atom is -0.352 e. The predicted molar refractivity (Wildman–Crippen MR) is 108 cm³/mol. The second kappa shape index (κ2) is 7.94. The fourth-order valence-corrected chi connectivity index (χ4v) is 4.06. The molecule has 4 amide bonds. The summed E-state index contributed by atoms with van der Waals surface area (Å²) in [6.45, 7) is 7.88. The molecule has 1 aliphatic heterocycles. The minimum absolute atomic E-state index is 0.138. The van der Waals surface area contributed by atoms with E-state index in [1.807, 2.05) is 24.3 Å². The zero-order valence-corrected chi connectivity index (χ0v) is 17.2. The van der Waals surface area contributed by atoms with E-state index >= 15 is 0 Å². The van der Waals surface area contributed by atoms with Gasteiger partial charge in [0.15, 0.2) is 0 Å². The van der Waals surface area contributed by atoms with Gasteiger partial charge in [-0.2, -0.15) is 0 Å². The van der Waals surface area contributed by atoms with Gasteiger partial charge in [-0.3, -0.25) is 14.5 Å². The number of nitrogens with one attached hydrogen (secondary N) is 2. The fraction of sp³-hybridized carbons (Fsp3) is 0.591. The molecule has 28 heavy (non-hydrogen) atoms. The van der Waals surface area contributed by atoms with Gasteiger partial charge in [-0.1, -0.05) is 45.0 Å². The molecule has 0 unspecified atom stereocenters. The highest BCUT2D eigenvalue weighted by atomic mass is 16.2. The standard InChI is InChI=1S/C22H31N3O3/c1-14(2)16-7-9-17(10-8-16)22(4)20(27)25(21(28)24-22)13-19(26)23-18-11-5-15(3)6-12-18/h7-10,14-15,18H,5-6,11-13H2,1-4H3,(H,23,26)(H,24,28)/t15?,18?,22-/m1/s1. The molecular formula is C22H31N3O3. The Morgan fingerprint density at radius 1 is 1.18 bits per heavy atom. The maximum Gasteiger partial charge on any atom is 0.325 e. The van der Waals surface area contributed by atoms with Crippen LogP contribution in [0.15, 0.2) is 24.3 Å². The first-order chi connectivity index (χ1) is 13.2. The van der Waals surface area contributed by atoms with E-state index in [1.165, 1.54) is 5.56 Å². The SMILES string of the molecule is CC1CCC(NC(=O)CN2C(=O)N[C@](C)(c3ccc(C(C)C)cc3)C2=O)CC1. The number of amides is 4. The van der Waals surface area contributed by atoms with Crippen molar-refractivity contribution in [2.24, 2.45) is 5.92 Å². The summed E-state index contributed by atoms with van der Waals surface area (Å²) in [4.78, 5) is 38.9. The summed E-state index contributed by atoms with van der Waals surface area (Å²) in [5.74, 6) is 0.422. The lowest BCUT2D eigenvalue weighted by Gasteiger charge is -2.27. The molecule has 6 heteroatoms. The molecule has 2 fully saturated rings. The summed E-state index contributed by atoms with van der Waals surface area (Å²) >= 11 is 0. The lowest BCUT2D eigenvalue weighted by Crippen LogP contribution is -2.46. The van der Waals surface area contributed by atoms with Crippen LogP contribution in [0.4, 0.5) is 4.79 Å². The molecule has 1 aromatic carbocycles. The van der Waals surface area contributed by atoms with Gasteiger partial charge in [0, 0.05) is 6.04 Å². The van der Waals surface area contributed by atoms with Gasteiger partial charge in [-0.25, -0.2) is 4.79 Å². The second-order valence-corrected chi connectivity index (χ2v) is 8.75. The number of rotatable bonds is 5. The van der Waals surface area contributed by atoms with Crippen LogP contribution in [0.1, 0.15) is 70.4 Å². The molecule has 1 saturated heterocycles. The Morgan fingerprint density at radius 3 is 2.36 bits per heavy atom. The predicted octanol–water partition coefficient (Wildman–Crippen LogP) is 3.27. The monoisotopic (exact) mass is 385 g/mol. The Hall–Kier alpha value is -2.37. The van der Waals surface area contributed by atoms with Crippen molar-refractivity contribution in [1.29, 1.82) is 0 Å². The van der Waals surface area contributed by atoms with Gasteiger partial charge in [0.2, 0.25) is 5.91 Å². The Morgan fingerprint density at radius 2 is 1.79 bits per heavy atom. The van der Waals surface area contributed by atoms with Crippen molar-refractivity contribution in [3.8, 4) is 0 Å². The van der Waals surface area contributed by atoms with Gasteiger partial charge >= 0.3 is 6.03 Å². The van der Waals surface area contributed by atoms with Gasteiger partial charge in [0.25, 0.3) is 5.91 Å². The quantitative estimate of drug-likeness (QED) is 0.764. The Kier molecular flexibility index (Phi) is 5.77. The van der Waals surface area contributed by atoms with E-state index in [4.69, 9.17) is 0 Å². The zero-order chi connectivity index (χ0) is 20.5. The van der Waals surface area contributed by atoms with Crippen molar-refractivity contribution in [3.05, 3.63) is 35.4 Å². The average molecular weight is 386 g/mol. The molecule has 0 spiro atoms. The van der Waals surface area contributed by atoms with Crippen molar-refractivity contribution in [2.45, 2.75) is 70.9 Å². The first-order valence-corrected chi connectivity index (χ1v) is 10.2. The summed E-state index contributed by atoms with van der Waals surface area (Å²) in [5, 5.41) is 5.75. The molecule has 0 bridgehead atoms. The summed E-state index contributed by atoms with van der Waals surface area (Å²) in [6, 6.07) is 7.32. The molecule has 1 aromatic rings. The molecular weight excluding hydrogens is 354 g/mol. The fourth-order valence-electron chi connectivity index (χ4n) is 4.06. The molecule has 0 aromatic heterocycles. The Labute approximate surface area is 167 Å². The van der Waals surface area contributed by atoms with Crippen LogP contribution in [-0.4, -0.2) is 35.3 Å². The maximum atomic E-state index is 13.0. The highest BCUT2D eigenvalue weighted by Gasteiger charge is 2.49. The van der Waals surface area contributed by atoms with Crippen LogP contribution >= 0.6 is 0 Å². The molecule has 1 atom stereocenters. The number of urea groups is 1. The van der Waals surface area contributed by atoms with Crippen LogP contribution in [0.5, 0.6) is 0 Å². The van der Waals surface area contributed by atoms with E-state index in [0.717, 1.165) is 36.1 Å². The molecule has 6 nitrogen and oxygen atoms in total. The van der Waals surface area contributed by atoms with E-state index < -0.39 is 11.6 Å². The molecule has 0 radical (unpaired) electrons. The zero-order valence-electron chi connectivity index (χ0n) is 17.2. The number of imide groups is 1. The molecule has 1 heterocycles. The molecule has 1 aliphatic carbocycles. The third-order valence-electron chi connectivity index (χ3n) is 6.11. The van der Waals surface area contributed by atoms with Crippen LogP contribution < -0.4 is 10.6 Å². The summed E-state index contributed by atoms with van der Waals surface area (Å²) in [7, 11) is 0. The van der Waals surface area contributed by atoms with Gasteiger partial charge in [0.05, 0.1) is 0 Å². The van der Waals surface area contributed by atoms with Crippen LogP contribution in [0.25, 0.3) is 0 Å². The van der Waals surface area contributed by atoms with Crippen molar-refractivity contribution in [3.63, 3.8) is 0 Å². The first kappa shape index (κ1) is 20.4. The van der Waals surface area contributed by atoms with E-state index in [-0.39, 0.29) is 24.4 Å². The number of carbonyl (C=O) groups excluding carboxylic acids is 3. The van der Waals surface area contributed by atoms with E-state index in [9.17, 15) is 14.4 Å². The summed E-state index contributed by atoms with van der Waals surface area (Å²) < 4.78 is 0. The lowest BCUT2D eigenvalue weighted by atomic mass is 9.87. The molecule has 2 aliphatic rings. The van der Waals surface area contributed by atoms with E-state index in [2.05, 4.69) is 31.4 Å². The molecule has 1 saturated carbocycles. The van der Waals surface area contributed by atoms with Crippen molar-refractivity contribution < 1.29 is 14.4 Å². The van der Waals surface area contributed by atoms with Crippen LogP contribution in [0.2, 0.25) is 0 Å². The molecule has 2 N–H and O–H groups in total. The van der Waals surface area contributed by atoms with Crippen molar-refractivity contribution >= 4 is 17.8 Å². The van der Waals surface area contributed by atoms with Gasteiger partial charge in [-0.15, -0.1) is 0 Å². The number of hydrogen-bond donors (Lipinski definition) is 2. The van der Waals surface area contributed by atoms with Crippen LogP contribution in [-0.2, 0) is 15.1 Å². The van der Waals surface area contributed by atoms with Gasteiger partial charge < -0.3 is 10.6 Å². The number of carbonyl (C=O) groups is 3. The van der Waals surface area contributed by atoms with E-state index in [1.54, 1.807) is 6.92 Å². The Bertz CT molecular complexity index is 751. The largest absolute Gasteiger partial charge is 0.352 e. The second-order valence-electron chi connectivity index (χ2n) is 8.75. The average Bonchev–Trinajstić information content (AvgIpc) is 2.88. The molecule has 152 valence electrons. The summed E-state index contributed by atoms with van der Waals surface area (Å²) in [5.41, 5.74) is 0.745. The highest BCUT2D eigenvalue weighted by molar-refractivity contribution is 6.09. The highest BCUT2D eigenvalue weighted by Crippen LogP contribution is 2.30. The van der Waals surface area contributed by atoms with Gasteiger partial charge in [0.1, 0.15) is 12.1 Å². The minimum atomic E-state index is -1.15. The van der Waals surface area contributed by atoms with Gasteiger partial charge in [-0.05, 0) is 55.6 Å². The number of nitrogens with zero attached hydrogens (tertiary/aromatic N) is 1. The van der Waals surface area contributed by atoms with Crippen LogP contribution in [0, 0.1) is 5.92 Å². The normalized spacial score (nSPS) is 27.8. The smallest absolute Gasteiger partial charge is 0.325 e. The Balaban J connectivity index is 1.66.